The summed E-state index contributed by atoms with van der Waals surface area (Å²) < 4.78 is 27.4. The Kier molecular flexibility index (Phi) is 8.15. The number of ketones is 1. The maximum atomic E-state index is 13.7. The second-order valence-corrected chi connectivity index (χ2v) is 8.57. The molecule has 8 nitrogen and oxygen atoms in total. The van der Waals surface area contributed by atoms with Gasteiger partial charge in [-0.1, -0.05) is 31.2 Å². The van der Waals surface area contributed by atoms with Gasteiger partial charge in [0.05, 0.1) is 26.9 Å². The average molecular weight is 529 g/mol. The maximum Gasteiger partial charge on any atom is 0.343 e. The smallest absolute Gasteiger partial charge is 0.343 e. The molecule has 200 valence electrons. The lowest BCUT2D eigenvalue weighted by Gasteiger charge is -2.13. The van der Waals surface area contributed by atoms with Crippen molar-refractivity contribution >= 4 is 28.8 Å². The fraction of sp³-hybridized carbons (Fsp3) is 0.194. The third kappa shape index (κ3) is 5.40. The van der Waals surface area contributed by atoms with Crippen molar-refractivity contribution in [3.05, 3.63) is 98.9 Å². The van der Waals surface area contributed by atoms with Crippen LogP contribution in [0.1, 0.15) is 44.3 Å². The van der Waals surface area contributed by atoms with Crippen LogP contribution in [0.2, 0.25) is 0 Å². The number of fused-ring (bicyclic) bond motifs is 1. The second kappa shape index (κ2) is 11.7. The highest BCUT2D eigenvalue weighted by molar-refractivity contribution is 6.16. The molecule has 0 atom stereocenters. The SMILES string of the molecule is CCc1c(C)c2ccc(OC(=O)c3ccccc3)c(C(=O)/C=C/c3cc(OC)c(OC)c(OC)c3)c2oc1=O. The molecule has 8 heteroatoms. The molecule has 4 aromatic rings. The van der Waals surface area contributed by atoms with Crippen molar-refractivity contribution in [2.45, 2.75) is 20.3 Å². The number of methoxy groups -OCH3 is 3. The monoisotopic (exact) mass is 528 g/mol. The molecule has 0 N–H and O–H groups in total. The Balaban J connectivity index is 1.84. The van der Waals surface area contributed by atoms with Crippen LogP contribution >= 0.6 is 0 Å². The van der Waals surface area contributed by atoms with Crippen LogP contribution in [0.3, 0.4) is 0 Å². The van der Waals surface area contributed by atoms with Gasteiger partial charge in [-0.2, -0.15) is 0 Å². The Hall–Kier alpha value is -4.85. The molecule has 0 radical (unpaired) electrons. The largest absolute Gasteiger partial charge is 0.493 e. The summed E-state index contributed by atoms with van der Waals surface area (Å²) in [7, 11) is 4.49. The van der Waals surface area contributed by atoms with Crippen LogP contribution in [0.25, 0.3) is 17.0 Å². The molecule has 1 aromatic heterocycles. The number of carbonyl (C=O) groups is 2. The number of esters is 1. The van der Waals surface area contributed by atoms with E-state index in [1.54, 1.807) is 61.5 Å². The van der Waals surface area contributed by atoms with Gasteiger partial charge in [-0.3, -0.25) is 4.79 Å². The van der Waals surface area contributed by atoms with Crippen LogP contribution in [0.15, 0.2) is 69.9 Å². The summed E-state index contributed by atoms with van der Waals surface area (Å²) in [5, 5.41) is 0.579. The number of hydrogen-bond acceptors (Lipinski definition) is 8. The van der Waals surface area contributed by atoms with E-state index in [1.807, 2.05) is 6.92 Å². The molecule has 0 saturated carbocycles. The second-order valence-electron chi connectivity index (χ2n) is 8.57. The van der Waals surface area contributed by atoms with Crippen molar-refractivity contribution in [2.24, 2.45) is 0 Å². The fourth-order valence-corrected chi connectivity index (χ4v) is 4.35. The van der Waals surface area contributed by atoms with Gasteiger partial charge in [0.1, 0.15) is 11.3 Å². The van der Waals surface area contributed by atoms with Gasteiger partial charge in [-0.25, -0.2) is 9.59 Å². The van der Waals surface area contributed by atoms with Gasteiger partial charge in [0.2, 0.25) is 5.75 Å². The Morgan fingerprint density at radius 2 is 1.56 bits per heavy atom. The summed E-state index contributed by atoms with van der Waals surface area (Å²) >= 11 is 0. The van der Waals surface area contributed by atoms with E-state index in [1.165, 1.54) is 33.5 Å². The summed E-state index contributed by atoms with van der Waals surface area (Å²) in [6, 6.07) is 15.0. The number of ether oxygens (including phenoxy) is 4. The predicted octanol–water partition coefficient (Wildman–Crippen LogP) is 5.80. The lowest BCUT2D eigenvalue weighted by Crippen LogP contribution is -2.14. The van der Waals surface area contributed by atoms with E-state index in [0.717, 1.165) is 0 Å². The zero-order chi connectivity index (χ0) is 28.1. The highest BCUT2D eigenvalue weighted by Crippen LogP contribution is 2.39. The van der Waals surface area contributed by atoms with Crippen molar-refractivity contribution < 1.29 is 33.0 Å². The van der Waals surface area contributed by atoms with E-state index >= 15 is 0 Å². The van der Waals surface area contributed by atoms with Crippen LogP contribution in [0.4, 0.5) is 0 Å². The molecule has 3 aromatic carbocycles. The summed E-state index contributed by atoms with van der Waals surface area (Å²) in [5.41, 5.74) is 1.58. The van der Waals surface area contributed by atoms with Crippen molar-refractivity contribution in [3.63, 3.8) is 0 Å². The van der Waals surface area contributed by atoms with E-state index in [9.17, 15) is 14.4 Å². The summed E-state index contributed by atoms with van der Waals surface area (Å²) in [6.07, 6.45) is 3.33. The van der Waals surface area contributed by atoms with Crippen molar-refractivity contribution in [2.75, 3.05) is 21.3 Å². The molecule has 0 bridgehead atoms. The molecule has 39 heavy (non-hydrogen) atoms. The van der Waals surface area contributed by atoms with Crippen LogP contribution in [0.5, 0.6) is 23.0 Å². The Bertz CT molecular complexity index is 1610. The van der Waals surface area contributed by atoms with E-state index in [4.69, 9.17) is 23.4 Å². The molecule has 1 heterocycles. The number of benzene rings is 3. The van der Waals surface area contributed by atoms with Gasteiger partial charge < -0.3 is 23.4 Å². The lowest BCUT2D eigenvalue weighted by molar-refractivity contribution is 0.0733. The van der Waals surface area contributed by atoms with Crippen molar-refractivity contribution in [1.82, 2.24) is 0 Å². The highest BCUT2D eigenvalue weighted by Gasteiger charge is 2.23. The van der Waals surface area contributed by atoms with E-state index < -0.39 is 17.4 Å². The van der Waals surface area contributed by atoms with Crippen molar-refractivity contribution in [1.29, 1.82) is 0 Å². The predicted molar refractivity (Wildman–Crippen MR) is 147 cm³/mol. The van der Waals surface area contributed by atoms with Gasteiger partial charge in [0.15, 0.2) is 22.9 Å². The highest BCUT2D eigenvalue weighted by atomic mass is 16.5. The number of aryl methyl sites for hydroxylation is 1. The summed E-state index contributed by atoms with van der Waals surface area (Å²) in [6.45, 7) is 3.65. The first-order valence-electron chi connectivity index (χ1n) is 12.2. The lowest BCUT2D eigenvalue weighted by atomic mass is 9.99. The molecule has 0 amide bonds. The molecule has 0 saturated heterocycles. The first kappa shape index (κ1) is 27.2. The standard InChI is InChI=1S/C31H28O8/c1-6-21-18(2)22-13-15-24(38-30(33)20-10-8-7-9-11-20)27(28(22)39-31(21)34)23(32)14-12-19-16-25(35-3)29(37-5)26(17-19)36-4/h7-17H,6H2,1-5H3/b14-12+. The molecule has 0 unspecified atom stereocenters. The topological polar surface area (TPSA) is 101 Å². The number of allylic oxidation sites excluding steroid dienone is 1. The Labute approximate surface area is 225 Å². The van der Waals surface area contributed by atoms with E-state index in [0.29, 0.717) is 51.3 Å². The Morgan fingerprint density at radius 3 is 2.15 bits per heavy atom. The quantitative estimate of drug-likeness (QED) is 0.0883. The Morgan fingerprint density at radius 1 is 0.897 bits per heavy atom. The van der Waals surface area contributed by atoms with E-state index in [-0.39, 0.29) is 16.9 Å². The summed E-state index contributed by atoms with van der Waals surface area (Å²) in [5.74, 6) is 0.0405. The van der Waals surface area contributed by atoms with Gasteiger partial charge in [-0.15, -0.1) is 0 Å². The van der Waals surface area contributed by atoms with Crippen LogP contribution in [0, 0.1) is 6.92 Å². The summed E-state index contributed by atoms with van der Waals surface area (Å²) in [4.78, 5) is 39.3. The molecule has 0 spiro atoms. The first-order valence-corrected chi connectivity index (χ1v) is 12.2. The molecule has 0 aliphatic rings. The van der Waals surface area contributed by atoms with Crippen LogP contribution < -0.4 is 24.6 Å². The molecule has 0 aliphatic heterocycles. The normalized spacial score (nSPS) is 11.0. The fourth-order valence-electron chi connectivity index (χ4n) is 4.35. The third-order valence-electron chi connectivity index (χ3n) is 6.34. The van der Waals surface area contributed by atoms with Crippen LogP contribution in [-0.2, 0) is 6.42 Å². The molecule has 4 rings (SSSR count). The van der Waals surface area contributed by atoms with E-state index in [2.05, 4.69) is 0 Å². The number of rotatable bonds is 9. The molecular formula is C31H28O8. The van der Waals surface area contributed by atoms with Gasteiger partial charge in [0.25, 0.3) is 0 Å². The van der Waals surface area contributed by atoms with Crippen molar-refractivity contribution in [3.8, 4) is 23.0 Å². The molecular weight excluding hydrogens is 500 g/mol. The number of hydrogen-bond donors (Lipinski definition) is 0. The van der Waals surface area contributed by atoms with Crippen LogP contribution in [-0.4, -0.2) is 33.1 Å². The average Bonchev–Trinajstić information content (AvgIpc) is 2.95. The number of carbonyl (C=O) groups excluding carboxylic acids is 2. The van der Waals surface area contributed by atoms with Gasteiger partial charge in [0, 0.05) is 10.9 Å². The maximum absolute atomic E-state index is 13.7. The van der Waals surface area contributed by atoms with Gasteiger partial charge >= 0.3 is 11.6 Å². The van der Waals surface area contributed by atoms with Gasteiger partial charge in [-0.05, 0) is 66.9 Å². The molecule has 0 aliphatic carbocycles. The molecule has 0 fully saturated rings. The third-order valence-corrected chi connectivity index (χ3v) is 6.34. The zero-order valence-corrected chi connectivity index (χ0v) is 22.3. The minimum absolute atomic E-state index is 0.0253. The minimum atomic E-state index is -0.651. The zero-order valence-electron chi connectivity index (χ0n) is 22.3. The minimum Gasteiger partial charge on any atom is -0.493 e. The first-order chi connectivity index (χ1) is 18.8.